The molecule has 0 spiro atoms. The van der Waals surface area contributed by atoms with Crippen molar-refractivity contribution < 1.29 is 19.4 Å². The second-order valence-corrected chi connectivity index (χ2v) is 7.47. The first-order valence-corrected chi connectivity index (χ1v) is 10.1. The number of carbonyl (C=O) groups excluding carboxylic acids is 2. The molecule has 8 nitrogen and oxygen atoms in total. The van der Waals surface area contributed by atoms with E-state index in [2.05, 4.69) is 16.3 Å². The van der Waals surface area contributed by atoms with E-state index in [9.17, 15) is 20.0 Å². The maximum atomic E-state index is 12.6. The van der Waals surface area contributed by atoms with Gasteiger partial charge in [-0.2, -0.15) is 10.4 Å². The fraction of sp³-hybridized carbons (Fsp3) is 0.348. The van der Waals surface area contributed by atoms with Gasteiger partial charge in [0.1, 0.15) is 17.0 Å². The largest absolute Gasteiger partial charge is 0.508 e. The minimum Gasteiger partial charge on any atom is -0.508 e. The summed E-state index contributed by atoms with van der Waals surface area (Å²) in [6.07, 6.45) is 4.09. The summed E-state index contributed by atoms with van der Waals surface area (Å²) < 4.78 is 5.23. The molecule has 0 atom stereocenters. The highest BCUT2D eigenvalue weighted by Gasteiger charge is 2.39. The van der Waals surface area contributed by atoms with Gasteiger partial charge in [0.05, 0.1) is 17.3 Å². The van der Waals surface area contributed by atoms with Crippen LogP contribution >= 0.6 is 0 Å². The number of amides is 1. The third-order valence-electron chi connectivity index (χ3n) is 5.48. The molecule has 31 heavy (non-hydrogen) atoms. The van der Waals surface area contributed by atoms with Gasteiger partial charge in [0.25, 0.3) is 5.91 Å². The molecule has 0 heterocycles. The number of hydrogen-bond acceptors (Lipinski definition) is 7. The Morgan fingerprint density at radius 1 is 1.10 bits per heavy atom. The number of benzene rings is 2. The standard InChI is InChI=1S/C23H24N4O4/c1-27(23(16-24)13-5-2-6-14-23)21(29)15-31-22(30)19-7-3-4-8-20(19)26-25-17-9-11-18(28)12-10-17/h3-4,7-12,28H,2,5-6,13-15H2,1H3. The molecule has 1 saturated carbocycles. The molecule has 8 heteroatoms. The summed E-state index contributed by atoms with van der Waals surface area (Å²) in [5, 5.41) is 27.1. The van der Waals surface area contributed by atoms with E-state index in [4.69, 9.17) is 4.74 Å². The Labute approximate surface area is 180 Å². The smallest absolute Gasteiger partial charge is 0.340 e. The van der Waals surface area contributed by atoms with Crippen molar-refractivity contribution in [2.24, 2.45) is 10.2 Å². The van der Waals surface area contributed by atoms with Crippen LogP contribution in [0.3, 0.4) is 0 Å². The Hall–Kier alpha value is -3.73. The molecule has 1 N–H and O–H groups in total. The van der Waals surface area contributed by atoms with E-state index in [0.717, 1.165) is 19.3 Å². The van der Waals surface area contributed by atoms with Gasteiger partial charge < -0.3 is 14.7 Å². The Balaban J connectivity index is 1.66. The number of aromatic hydroxyl groups is 1. The van der Waals surface area contributed by atoms with Crippen molar-refractivity contribution in [3.05, 3.63) is 54.1 Å². The zero-order valence-corrected chi connectivity index (χ0v) is 17.3. The Morgan fingerprint density at radius 2 is 1.77 bits per heavy atom. The Bertz CT molecular complexity index is 1000. The number of nitriles is 1. The van der Waals surface area contributed by atoms with Gasteiger partial charge in [0.15, 0.2) is 6.61 Å². The molecular weight excluding hydrogens is 396 g/mol. The van der Waals surface area contributed by atoms with Gasteiger partial charge >= 0.3 is 5.97 Å². The van der Waals surface area contributed by atoms with Crippen molar-refractivity contribution in [3.8, 4) is 11.8 Å². The first kappa shape index (κ1) is 22.0. The first-order chi connectivity index (χ1) is 14.9. The summed E-state index contributed by atoms with van der Waals surface area (Å²) in [5.74, 6) is -0.999. The number of nitrogens with zero attached hydrogens (tertiary/aromatic N) is 4. The number of carbonyl (C=O) groups is 2. The zero-order valence-electron chi connectivity index (χ0n) is 17.3. The third-order valence-corrected chi connectivity index (χ3v) is 5.48. The molecule has 0 aliphatic heterocycles. The number of azo groups is 1. The molecule has 2 aromatic rings. The number of rotatable bonds is 6. The highest BCUT2D eigenvalue weighted by atomic mass is 16.5. The van der Waals surface area contributed by atoms with Crippen LogP contribution in [-0.4, -0.2) is 41.1 Å². The van der Waals surface area contributed by atoms with E-state index in [0.29, 0.717) is 24.2 Å². The van der Waals surface area contributed by atoms with E-state index >= 15 is 0 Å². The van der Waals surface area contributed by atoms with Crippen LogP contribution in [0.1, 0.15) is 42.5 Å². The van der Waals surface area contributed by atoms with Crippen molar-refractivity contribution in [1.29, 1.82) is 5.26 Å². The minimum atomic E-state index is -0.835. The molecular formula is C23H24N4O4. The van der Waals surface area contributed by atoms with Gasteiger partial charge in [-0.3, -0.25) is 4.79 Å². The molecule has 3 rings (SSSR count). The molecule has 0 saturated heterocycles. The quantitative estimate of drug-likeness (QED) is 0.539. The number of phenols is 1. The average Bonchev–Trinajstić information content (AvgIpc) is 2.82. The van der Waals surface area contributed by atoms with E-state index in [1.54, 1.807) is 43.4 Å². The monoisotopic (exact) mass is 420 g/mol. The van der Waals surface area contributed by atoms with Crippen LogP contribution in [0.15, 0.2) is 58.8 Å². The maximum Gasteiger partial charge on any atom is 0.340 e. The van der Waals surface area contributed by atoms with E-state index in [1.807, 2.05) is 0 Å². The van der Waals surface area contributed by atoms with Crippen molar-refractivity contribution in [2.45, 2.75) is 37.6 Å². The molecule has 0 bridgehead atoms. The lowest BCUT2D eigenvalue weighted by Crippen LogP contribution is -2.51. The van der Waals surface area contributed by atoms with Gasteiger partial charge in [-0.1, -0.05) is 31.4 Å². The van der Waals surface area contributed by atoms with Crippen molar-refractivity contribution >= 4 is 23.3 Å². The second-order valence-electron chi connectivity index (χ2n) is 7.47. The summed E-state index contributed by atoms with van der Waals surface area (Å²) in [5.41, 5.74) is 0.139. The molecule has 2 aromatic carbocycles. The van der Waals surface area contributed by atoms with Crippen LogP contribution in [0.25, 0.3) is 0 Å². The Morgan fingerprint density at radius 3 is 2.45 bits per heavy atom. The highest BCUT2D eigenvalue weighted by molar-refractivity contribution is 5.96. The van der Waals surface area contributed by atoms with E-state index in [1.165, 1.54) is 17.0 Å². The van der Waals surface area contributed by atoms with Gasteiger partial charge in [-0.15, -0.1) is 5.11 Å². The van der Waals surface area contributed by atoms with Gasteiger partial charge in [-0.25, -0.2) is 4.79 Å². The lowest BCUT2D eigenvalue weighted by molar-refractivity contribution is -0.138. The molecule has 1 fully saturated rings. The van der Waals surface area contributed by atoms with Crippen molar-refractivity contribution in [1.82, 2.24) is 4.90 Å². The maximum absolute atomic E-state index is 12.6. The van der Waals surface area contributed by atoms with Crippen LogP contribution in [0, 0.1) is 11.3 Å². The van der Waals surface area contributed by atoms with Gasteiger partial charge in [-0.05, 0) is 49.2 Å². The number of hydrogen-bond donors (Lipinski definition) is 1. The molecule has 1 aliphatic rings. The fourth-order valence-electron chi connectivity index (χ4n) is 3.56. The molecule has 1 amide bonds. The lowest BCUT2D eigenvalue weighted by Gasteiger charge is -2.38. The number of esters is 1. The van der Waals surface area contributed by atoms with Crippen LogP contribution in [-0.2, 0) is 9.53 Å². The molecule has 0 unspecified atom stereocenters. The summed E-state index contributed by atoms with van der Waals surface area (Å²) in [7, 11) is 1.59. The summed E-state index contributed by atoms with van der Waals surface area (Å²) in [6.45, 7) is -0.456. The summed E-state index contributed by atoms with van der Waals surface area (Å²) in [4.78, 5) is 26.6. The zero-order chi connectivity index (χ0) is 22.3. The van der Waals surface area contributed by atoms with E-state index in [-0.39, 0.29) is 11.3 Å². The Kier molecular flexibility index (Phi) is 6.98. The molecule has 160 valence electrons. The fourth-order valence-corrected chi connectivity index (χ4v) is 3.56. The highest BCUT2D eigenvalue weighted by Crippen LogP contribution is 2.32. The van der Waals surface area contributed by atoms with Crippen molar-refractivity contribution in [3.63, 3.8) is 0 Å². The van der Waals surface area contributed by atoms with Crippen LogP contribution in [0.5, 0.6) is 5.75 Å². The van der Waals surface area contributed by atoms with Crippen LogP contribution < -0.4 is 0 Å². The minimum absolute atomic E-state index is 0.115. The molecule has 0 radical (unpaired) electrons. The van der Waals surface area contributed by atoms with Gasteiger partial charge in [0.2, 0.25) is 0 Å². The number of phenolic OH excluding ortho intramolecular Hbond substituents is 1. The second kappa shape index (κ2) is 9.85. The lowest BCUT2D eigenvalue weighted by atomic mass is 9.81. The third kappa shape index (κ3) is 5.25. The molecule has 0 aromatic heterocycles. The summed E-state index contributed by atoms with van der Waals surface area (Å²) in [6, 6.07) is 15.0. The topological polar surface area (TPSA) is 115 Å². The van der Waals surface area contributed by atoms with Gasteiger partial charge in [0, 0.05) is 7.05 Å². The van der Waals surface area contributed by atoms with Crippen LogP contribution in [0.4, 0.5) is 11.4 Å². The van der Waals surface area contributed by atoms with Crippen molar-refractivity contribution in [2.75, 3.05) is 13.7 Å². The van der Waals surface area contributed by atoms with E-state index < -0.39 is 24.0 Å². The predicted octanol–water partition coefficient (Wildman–Crippen LogP) is 4.65. The first-order valence-electron chi connectivity index (χ1n) is 10.1. The normalized spacial score (nSPS) is 15.2. The number of likely N-dealkylation sites (N-methyl/N-ethyl adjacent to an activating group) is 1. The molecule has 1 aliphatic carbocycles. The SMILES string of the molecule is CN(C(=O)COC(=O)c1ccccc1N=Nc1ccc(O)cc1)C1(C#N)CCCCC1. The predicted molar refractivity (Wildman–Crippen MR) is 113 cm³/mol. The number of ether oxygens (including phenoxy) is 1. The van der Waals surface area contributed by atoms with Crippen LogP contribution in [0.2, 0.25) is 0 Å². The summed E-state index contributed by atoms with van der Waals surface area (Å²) >= 11 is 0. The average molecular weight is 420 g/mol.